The zero-order chi connectivity index (χ0) is 31.9. The minimum Gasteiger partial charge on any atom is -0.308 e. The average Bonchev–Trinajstić information content (AvgIpc) is 3.45. The highest BCUT2D eigenvalue weighted by molar-refractivity contribution is 6.11. The summed E-state index contributed by atoms with van der Waals surface area (Å²) in [6, 6.07) is 49.7. The minimum atomic E-state index is 0.537. The van der Waals surface area contributed by atoms with Gasteiger partial charge in [-0.2, -0.15) is 5.26 Å². The highest BCUT2D eigenvalue weighted by Gasteiger charge is 2.20. The van der Waals surface area contributed by atoms with Crippen molar-refractivity contribution in [2.75, 3.05) is 0 Å². The minimum absolute atomic E-state index is 0.537. The van der Waals surface area contributed by atoms with E-state index in [-0.39, 0.29) is 0 Å². The van der Waals surface area contributed by atoms with E-state index in [9.17, 15) is 5.26 Å². The van der Waals surface area contributed by atoms with Crippen molar-refractivity contribution in [1.82, 2.24) is 19.5 Å². The van der Waals surface area contributed by atoms with E-state index in [2.05, 4.69) is 85.1 Å². The number of aromatic nitrogens is 4. The van der Waals surface area contributed by atoms with E-state index in [4.69, 9.17) is 15.0 Å². The van der Waals surface area contributed by atoms with Crippen LogP contribution in [0, 0.1) is 25.2 Å². The third-order valence-electron chi connectivity index (χ3n) is 8.67. The van der Waals surface area contributed by atoms with Gasteiger partial charge in [-0.25, -0.2) is 15.0 Å². The van der Waals surface area contributed by atoms with Gasteiger partial charge in [-0.15, -0.1) is 0 Å². The fraction of sp³-hybridized carbons (Fsp3) is 0.0476. The SMILES string of the molecule is Cc1ccc(-c2ccc3c(c2)c2ccccc2n3-c2cc(C#N)ccc2-c2nc(-c3ccccc3)nc(-c3ccccc3)n2)c(C)c1. The topological polar surface area (TPSA) is 67.4 Å². The Morgan fingerprint density at radius 1 is 0.511 bits per heavy atom. The number of rotatable bonds is 5. The summed E-state index contributed by atoms with van der Waals surface area (Å²) in [5.41, 5.74) is 11.0. The summed E-state index contributed by atoms with van der Waals surface area (Å²) < 4.78 is 2.24. The first kappa shape index (κ1) is 28.1. The van der Waals surface area contributed by atoms with Crippen molar-refractivity contribution in [3.05, 3.63) is 156 Å². The van der Waals surface area contributed by atoms with Crippen LogP contribution >= 0.6 is 0 Å². The van der Waals surface area contributed by atoms with Crippen LogP contribution in [0.5, 0.6) is 0 Å². The molecule has 222 valence electrons. The van der Waals surface area contributed by atoms with Crippen LogP contribution in [0.25, 0.3) is 72.8 Å². The molecule has 0 atom stereocenters. The molecule has 0 unspecified atom stereocenters. The van der Waals surface area contributed by atoms with Gasteiger partial charge in [0.05, 0.1) is 28.4 Å². The monoisotopic (exact) mass is 603 g/mol. The summed E-state index contributed by atoms with van der Waals surface area (Å²) in [4.78, 5) is 15.0. The van der Waals surface area contributed by atoms with Crippen molar-refractivity contribution >= 4 is 21.8 Å². The number of aryl methyl sites for hydroxylation is 2. The highest BCUT2D eigenvalue weighted by Crippen LogP contribution is 2.38. The Morgan fingerprint density at radius 2 is 1.13 bits per heavy atom. The maximum absolute atomic E-state index is 10.0. The lowest BCUT2D eigenvalue weighted by molar-refractivity contribution is 1.06. The number of para-hydroxylation sites is 1. The van der Waals surface area contributed by atoms with Gasteiger partial charge in [-0.1, -0.05) is 109 Å². The molecule has 0 saturated carbocycles. The number of nitriles is 1. The maximum Gasteiger partial charge on any atom is 0.166 e. The average molecular weight is 604 g/mol. The largest absolute Gasteiger partial charge is 0.308 e. The van der Waals surface area contributed by atoms with Crippen LogP contribution in [0.2, 0.25) is 0 Å². The summed E-state index contributed by atoms with van der Waals surface area (Å²) in [6.07, 6.45) is 0. The van der Waals surface area contributed by atoms with Gasteiger partial charge in [-0.3, -0.25) is 0 Å². The standard InChI is InChI=1S/C42H29N5/c1-27-17-20-33(28(2)23-27)32-19-22-38-36(25-32)34-15-9-10-16-37(34)47(38)39-24-29(26-43)18-21-35(39)42-45-40(30-11-5-3-6-12-30)44-41(46-42)31-13-7-4-8-14-31/h3-25H,1-2H3. The molecule has 0 amide bonds. The van der Waals surface area contributed by atoms with Gasteiger partial charge in [0.25, 0.3) is 0 Å². The molecule has 5 nitrogen and oxygen atoms in total. The molecule has 0 radical (unpaired) electrons. The van der Waals surface area contributed by atoms with Crippen LogP contribution in [-0.2, 0) is 0 Å². The molecule has 0 fully saturated rings. The van der Waals surface area contributed by atoms with E-state index in [1.165, 1.54) is 22.3 Å². The van der Waals surface area contributed by atoms with E-state index < -0.39 is 0 Å². The third-order valence-corrected chi connectivity index (χ3v) is 8.67. The van der Waals surface area contributed by atoms with Gasteiger partial charge in [0, 0.05) is 27.5 Å². The van der Waals surface area contributed by atoms with E-state index in [0.717, 1.165) is 44.2 Å². The highest BCUT2D eigenvalue weighted by atomic mass is 15.1. The molecule has 47 heavy (non-hydrogen) atoms. The van der Waals surface area contributed by atoms with Crippen LogP contribution in [0.3, 0.4) is 0 Å². The van der Waals surface area contributed by atoms with E-state index in [1.54, 1.807) is 0 Å². The predicted molar refractivity (Wildman–Crippen MR) is 190 cm³/mol. The Hall–Kier alpha value is -6.38. The Kier molecular flexibility index (Phi) is 6.89. The molecule has 5 heteroatoms. The fourth-order valence-corrected chi connectivity index (χ4v) is 6.44. The van der Waals surface area contributed by atoms with Crippen LogP contribution in [-0.4, -0.2) is 19.5 Å². The van der Waals surface area contributed by atoms with Gasteiger partial charge in [-0.05, 0) is 66.9 Å². The second kappa shape index (κ2) is 11.5. The van der Waals surface area contributed by atoms with Crippen molar-refractivity contribution in [2.24, 2.45) is 0 Å². The predicted octanol–water partition coefficient (Wildman–Crippen LogP) is 10.1. The number of benzene rings is 6. The lowest BCUT2D eigenvalue weighted by Gasteiger charge is -2.15. The molecule has 0 spiro atoms. The van der Waals surface area contributed by atoms with E-state index in [0.29, 0.717) is 23.0 Å². The molecule has 0 saturated heterocycles. The zero-order valence-corrected chi connectivity index (χ0v) is 26.0. The van der Waals surface area contributed by atoms with Gasteiger partial charge >= 0.3 is 0 Å². The summed E-state index contributed by atoms with van der Waals surface area (Å²) in [6.45, 7) is 4.29. The summed E-state index contributed by atoms with van der Waals surface area (Å²) in [5.74, 6) is 1.71. The number of fused-ring (bicyclic) bond motifs is 3. The van der Waals surface area contributed by atoms with Crippen molar-refractivity contribution in [1.29, 1.82) is 5.26 Å². The van der Waals surface area contributed by atoms with Crippen LogP contribution in [0.4, 0.5) is 0 Å². The first-order chi connectivity index (χ1) is 23.1. The molecular formula is C42H29N5. The zero-order valence-electron chi connectivity index (χ0n) is 26.0. The second-order valence-corrected chi connectivity index (χ2v) is 11.8. The van der Waals surface area contributed by atoms with Crippen molar-refractivity contribution in [3.63, 3.8) is 0 Å². The van der Waals surface area contributed by atoms with E-state index >= 15 is 0 Å². The van der Waals surface area contributed by atoms with Crippen molar-refractivity contribution < 1.29 is 0 Å². The number of nitrogens with zero attached hydrogens (tertiary/aromatic N) is 5. The van der Waals surface area contributed by atoms with Gasteiger partial charge in [0.15, 0.2) is 17.5 Å². The fourth-order valence-electron chi connectivity index (χ4n) is 6.44. The smallest absolute Gasteiger partial charge is 0.166 e. The molecule has 0 aliphatic heterocycles. The summed E-state index contributed by atoms with van der Waals surface area (Å²) >= 11 is 0. The molecule has 6 aromatic carbocycles. The quantitative estimate of drug-likeness (QED) is 0.196. The van der Waals surface area contributed by atoms with Crippen molar-refractivity contribution in [3.8, 4) is 57.0 Å². The van der Waals surface area contributed by atoms with Crippen LogP contribution in [0.1, 0.15) is 16.7 Å². The Bertz CT molecular complexity index is 2430. The number of hydrogen-bond acceptors (Lipinski definition) is 4. The Morgan fingerprint density at radius 3 is 1.81 bits per heavy atom. The van der Waals surface area contributed by atoms with Crippen LogP contribution in [0.15, 0.2) is 140 Å². The van der Waals surface area contributed by atoms with Gasteiger partial charge in [0.2, 0.25) is 0 Å². The third kappa shape index (κ3) is 5.03. The lowest BCUT2D eigenvalue weighted by atomic mass is 9.97. The van der Waals surface area contributed by atoms with Crippen LogP contribution < -0.4 is 0 Å². The lowest BCUT2D eigenvalue weighted by Crippen LogP contribution is -2.04. The van der Waals surface area contributed by atoms with Gasteiger partial charge in [0.1, 0.15) is 0 Å². The molecule has 0 aliphatic rings. The number of hydrogen-bond donors (Lipinski definition) is 0. The summed E-state index contributed by atoms with van der Waals surface area (Å²) in [5, 5.41) is 12.3. The summed E-state index contributed by atoms with van der Waals surface area (Å²) in [7, 11) is 0. The first-order valence-electron chi connectivity index (χ1n) is 15.6. The molecule has 0 bridgehead atoms. The van der Waals surface area contributed by atoms with Crippen molar-refractivity contribution in [2.45, 2.75) is 13.8 Å². The molecular weight excluding hydrogens is 574 g/mol. The first-order valence-corrected chi connectivity index (χ1v) is 15.6. The molecule has 8 rings (SSSR count). The van der Waals surface area contributed by atoms with Gasteiger partial charge < -0.3 is 4.57 Å². The molecule has 8 aromatic rings. The Labute approximate surface area is 273 Å². The Balaban J connectivity index is 1.40. The molecule has 0 aliphatic carbocycles. The normalized spacial score (nSPS) is 11.2. The van der Waals surface area contributed by atoms with E-state index in [1.807, 2.05) is 78.9 Å². The maximum atomic E-state index is 10.0. The molecule has 0 N–H and O–H groups in total. The second-order valence-electron chi connectivity index (χ2n) is 11.8. The molecule has 2 heterocycles. The molecule has 2 aromatic heterocycles.